The fraction of sp³-hybridized carbons (Fsp3) is 0.692. The van der Waals surface area contributed by atoms with E-state index in [-0.39, 0.29) is 12.0 Å². The Labute approximate surface area is 124 Å². The smallest absolute Gasteiger partial charge is 0.224 e. The predicted octanol–water partition coefficient (Wildman–Crippen LogP) is 0.0532. The van der Waals surface area contributed by atoms with Crippen molar-refractivity contribution < 1.29 is 9.47 Å². The van der Waals surface area contributed by atoms with Crippen LogP contribution in [0.2, 0.25) is 0 Å². The number of nitrogens with two attached hydrogens (primary N) is 2. The molecule has 0 saturated carbocycles. The fourth-order valence-electron chi connectivity index (χ4n) is 2.54. The van der Waals surface area contributed by atoms with Crippen LogP contribution in [0.5, 0.6) is 5.75 Å². The maximum Gasteiger partial charge on any atom is 0.224 e. The number of nitrogens with one attached hydrogen (secondary N) is 1. The third kappa shape index (κ3) is 3.45. The van der Waals surface area contributed by atoms with Gasteiger partial charge in [0.05, 0.1) is 12.6 Å². The van der Waals surface area contributed by atoms with Gasteiger partial charge in [-0.1, -0.05) is 0 Å². The van der Waals surface area contributed by atoms with E-state index in [2.05, 4.69) is 25.9 Å². The number of hydrogen-bond acceptors (Lipinski definition) is 8. The Balaban J connectivity index is 0.000000774. The van der Waals surface area contributed by atoms with Gasteiger partial charge in [0.25, 0.3) is 0 Å². The molecule has 1 saturated heterocycles. The number of anilines is 3. The summed E-state index contributed by atoms with van der Waals surface area (Å²) in [6.45, 7) is 3.11. The highest BCUT2D eigenvalue weighted by molar-refractivity contribution is 5.68. The zero-order chi connectivity index (χ0) is 15.2. The highest BCUT2D eigenvalue weighted by Gasteiger charge is 2.28. The molecule has 8 heteroatoms. The van der Waals surface area contributed by atoms with E-state index in [1.807, 2.05) is 0 Å². The summed E-state index contributed by atoms with van der Waals surface area (Å²) in [5.74, 6) is 2.46. The Kier molecular flexibility index (Phi) is 5.40. The van der Waals surface area contributed by atoms with Crippen molar-refractivity contribution in [3.63, 3.8) is 0 Å². The van der Waals surface area contributed by atoms with Crippen LogP contribution < -0.4 is 26.4 Å². The molecule has 1 aromatic heterocycles. The van der Waals surface area contributed by atoms with E-state index in [0.29, 0.717) is 24.8 Å². The van der Waals surface area contributed by atoms with Gasteiger partial charge in [0, 0.05) is 20.2 Å². The minimum atomic E-state index is 0.0956. The van der Waals surface area contributed by atoms with Crippen LogP contribution in [0.15, 0.2) is 0 Å². The van der Waals surface area contributed by atoms with Crippen molar-refractivity contribution in [1.29, 1.82) is 0 Å². The Morgan fingerprint density at radius 2 is 2.05 bits per heavy atom. The summed E-state index contributed by atoms with van der Waals surface area (Å²) in [6, 6.07) is 0.0956. The Bertz CT molecular complexity index is 464. The van der Waals surface area contributed by atoms with E-state index in [4.69, 9.17) is 15.2 Å². The monoisotopic (exact) mass is 296 g/mol. The van der Waals surface area contributed by atoms with Crippen molar-refractivity contribution >= 4 is 17.6 Å². The van der Waals surface area contributed by atoms with E-state index in [0.717, 1.165) is 18.9 Å². The number of methoxy groups -OCH3 is 1. The summed E-state index contributed by atoms with van der Waals surface area (Å²) in [6.07, 6.45) is 2.36. The third-order valence-corrected chi connectivity index (χ3v) is 3.41. The van der Waals surface area contributed by atoms with Gasteiger partial charge < -0.3 is 31.2 Å². The van der Waals surface area contributed by atoms with E-state index in [9.17, 15) is 0 Å². The number of nitrogen functional groups attached to an aromatic ring is 1. The molecule has 3 rings (SSSR count). The normalized spacial score (nSPS) is 20.0. The summed E-state index contributed by atoms with van der Waals surface area (Å²) < 4.78 is 11.0. The van der Waals surface area contributed by atoms with Crippen molar-refractivity contribution in [3.05, 3.63) is 0 Å². The van der Waals surface area contributed by atoms with Crippen LogP contribution in [0.1, 0.15) is 12.8 Å². The van der Waals surface area contributed by atoms with Gasteiger partial charge >= 0.3 is 0 Å². The molecule has 0 amide bonds. The lowest BCUT2D eigenvalue weighted by molar-refractivity contribution is 0.154. The molecule has 8 nitrogen and oxygen atoms in total. The van der Waals surface area contributed by atoms with Gasteiger partial charge in [-0.15, -0.1) is 0 Å². The number of fused-ring (bicyclic) bond motifs is 1. The maximum atomic E-state index is 5.82. The minimum absolute atomic E-state index is 0.0956. The first-order valence-electron chi connectivity index (χ1n) is 7.16. The molecular weight excluding hydrogens is 272 g/mol. The second-order valence-electron chi connectivity index (χ2n) is 4.88. The summed E-state index contributed by atoms with van der Waals surface area (Å²) in [5.41, 5.74) is 10.3. The molecule has 3 heterocycles. The Hall–Kier alpha value is -1.80. The standard InChI is InChI=1S/C12H19N5O2.CH5N/c1-18-6-8-7-19-9-10(14-8)15-12(13)16-11(9)17-4-2-3-5-17;1-2/h8H,2-7H2,1H3,(H3,13,14,15,16);2H2,1H3. The van der Waals surface area contributed by atoms with Gasteiger partial charge in [-0.05, 0) is 19.9 Å². The van der Waals surface area contributed by atoms with Crippen molar-refractivity contribution in [2.45, 2.75) is 18.9 Å². The summed E-state index contributed by atoms with van der Waals surface area (Å²) in [7, 11) is 3.17. The molecule has 0 aliphatic carbocycles. The number of nitrogens with zero attached hydrogens (tertiary/aromatic N) is 3. The first-order valence-corrected chi connectivity index (χ1v) is 7.16. The molecular formula is C13H24N6O2. The maximum absolute atomic E-state index is 5.82. The quantitative estimate of drug-likeness (QED) is 0.717. The van der Waals surface area contributed by atoms with Crippen molar-refractivity contribution in [1.82, 2.24) is 9.97 Å². The van der Waals surface area contributed by atoms with Crippen LogP contribution in [0.3, 0.4) is 0 Å². The lowest BCUT2D eigenvalue weighted by Crippen LogP contribution is -2.37. The van der Waals surface area contributed by atoms with Crippen LogP contribution in [0.4, 0.5) is 17.6 Å². The predicted molar refractivity (Wildman–Crippen MR) is 82.8 cm³/mol. The second kappa shape index (κ2) is 7.28. The molecule has 0 aromatic carbocycles. The molecule has 2 aliphatic rings. The number of aromatic nitrogens is 2. The topological polar surface area (TPSA) is 112 Å². The first kappa shape index (κ1) is 15.6. The van der Waals surface area contributed by atoms with E-state index in [1.54, 1.807) is 7.11 Å². The fourth-order valence-corrected chi connectivity index (χ4v) is 2.54. The number of hydrogen-bond donors (Lipinski definition) is 3. The van der Waals surface area contributed by atoms with Crippen LogP contribution in [0.25, 0.3) is 0 Å². The molecule has 5 N–H and O–H groups in total. The summed E-state index contributed by atoms with van der Waals surface area (Å²) in [5, 5.41) is 3.29. The lowest BCUT2D eigenvalue weighted by atomic mass is 10.2. The van der Waals surface area contributed by atoms with E-state index >= 15 is 0 Å². The van der Waals surface area contributed by atoms with Gasteiger partial charge in [0.15, 0.2) is 11.6 Å². The van der Waals surface area contributed by atoms with Gasteiger partial charge in [0.1, 0.15) is 6.61 Å². The molecule has 118 valence electrons. The van der Waals surface area contributed by atoms with E-state index in [1.165, 1.54) is 19.9 Å². The van der Waals surface area contributed by atoms with Crippen molar-refractivity contribution in [2.24, 2.45) is 5.73 Å². The Morgan fingerprint density at radius 3 is 2.71 bits per heavy atom. The third-order valence-electron chi connectivity index (χ3n) is 3.41. The molecule has 1 atom stereocenters. The van der Waals surface area contributed by atoms with Crippen LogP contribution in [-0.4, -0.2) is 56.5 Å². The zero-order valence-corrected chi connectivity index (χ0v) is 12.6. The highest BCUT2D eigenvalue weighted by atomic mass is 16.5. The van der Waals surface area contributed by atoms with Crippen molar-refractivity contribution in [3.8, 4) is 5.75 Å². The van der Waals surface area contributed by atoms with Crippen molar-refractivity contribution in [2.75, 3.05) is 56.4 Å². The molecule has 2 aliphatic heterocycles. The average Bonchev–Trinajstić information content (AvgIpc) is 3.02. The van der Waals surface area contributed by atoms with Crippen LogP contribution in [0, 0.1) is 0 Å². The summed E-state index contributed by atoms with van der Waals surface area (Å²) in [4.78, 5) is 10.8. The molecule has 0 radical (unpaired) electrons. The molecule has 21 heavy (non-hydrogen) atoms. The molecule has 1 unspecified atom stereocenters. The number of ether oxygens (including phenoxy) is 2. The van der Waals surface area contributed by atoms with Gasteiger partial charge in [-0.3, -0.25) is 0 Å². The largest absolute Gasteiger partial charge is 0.484 e. The number of rotatable bonds is 3. The average molecular weight is 296 g/mol. The molecule has 1 fully saturated rings. The SMILES string of the molecule is CN.COCC1COc2c(nc(N)nc2N2CCCC2)N1. The summed E-state index contributed by atoms with van der Waals surface area (Å²) >= 11 is 0. The minimum Gasteiger partial charge on any atom is -0.484 e. The molecule has 0 spiro atoms. The first-order chi connectivity index (χ1) is 10.3. The Morgan fingerprint density at radius 1 is 1.33 bits per heavy atom. The second-order valence-corrected chi connectivity index (χ2v) is 4.88. The molecule has 0 bridgehead atoms. The zero-order valence-electron chi connectivity index (χ0n) is 12.6. The highest BCUT2D eigenvalue weighted by Crippen LogP contribution is 2.37. The molecule has 1 aromatic rings. The van der Waals surface area contributed by atoms with Gasteiger partial charge in [0.2, 0.25) is 11.7 Å². The van der Waals surface area contributed by atoms with Crippen LogP contribution in [-0.2, 0) is 4.74 Å². The van der Waals surface area contributed by atoms with Gasteiger partial charge in [-0.2, -0.15) is 9.97 Å². The lowest BCUT2D eigenvalue weighted by Gasteiger charge is -2.29. The van der Waals surface area contributed by atoms with Crippen LogP contribution >= 0.6 is 0 Å². The van der Waals surface area contributed by atoms with E-state index < -0.39 is 0 Å². The van der Waals surface area contributed by atoms with Gasteiger partial charge in [-0.25, -0.2) is 0 Å².